The van der Waals surface area contributed by atoms with Gasteiger partial charge in [0, 0.05) is 12.1 Å². The number of benzene rings is 2. The monoisotopic (exact) mass is 375 g/mol. The predicted molar refractivity (Wildman–Crippen MR) is 99.4 cm³/mol. The van der Waals surface area contributed by atoms with E-state index in [1.807, 2.05) is 6.07 Å². The third kappa shape index (κ3) is 3.48. The molecule has 0 radical (unpaired) electrons. The highest BCUT2D eigenvalue weighted by Gasteiger charge is 2.21. The molecule has 7 heteroatoms. The number of ether oxygens (including phenoxy) is 3. The van der Waals surface area contributed by atoms with Crippen molar-refractivity contribution in [3.05, 3.63) is 52.9 Å². The van der Waals surface area contributed by atoms with E-state index in [-0.39, 0.29) is 4.90 Å². The van der Waals surface area contributed by atoms with Gasteiger partial charge in [0.1, 0.15) is 5.75 Å². The average molecular weight is 375 g/mol. The number of hydrogen-bond acceptors (Lipinski definition) is 6. The van der Waals surface area contributed by atoms with E-state index in [0.29, 0.717) is 29.5 Å². The molecule has 0 saturated carbocycles. The van der Waals surface area contributed by atoms with Gasteiger partial charge in [0.2, 0.25) is 9.84 Å². The summed E-state index contributed by atoms with van der Waals surface area (Å²) < 4.78 is 41.3. The van der Waals surface area contributed by atoms with E-state index in [9.17, 15) is 8.42 Å². The van der Waals surface area contributed by atoms with Gasteiger partial charge in [-0.05, 0) is 48.4 Å². The number of rotatable bonds is 5. The van der Waals surface area contributed by atoms with Gasteiger partial charge in [-0.3, -0.25) is 0 Å². The number of sulfone groups is 1. The van der Waals surface area contributed by atoms with E-state index < -0.39 is 9.84 Å². The fourth-order valence-corrected chi connectivity index (χ4v) is 4.07. The zero-order chi connectivity index (χ0) is 18.7. The lowest BCUT2D eigenvalue weighted by atomic mass is 9.98. The van der Waals surface area contributed by atoms with Crippen LogP contribution < -0.4 is 19.5 Å². The topological polar surface area (TPSA) is 73.9 Å². The average Bonchev–Trinajstić information content (AvgIpc) is 2.67. The lowest BCUT2D eigenvalue weighted by Gasteiger charge is -2.23. The molecule has 2 aromatic rings. The molecule has 6 nitrogen and oxygen atoms in total. The van der Waals surface area contributed by atoms with Gasteiger partial charge in [-0.15, -0.1) is 0 Å². The maximum Gasteiger partial charge on any atom is 0.201 e. The summed E-state index contributed by atoms with van der Waals surface area (Å²) in [5, 5.41) is 4.44. The molecule has 3 rings (SSSR count). The molecule has 26 heavy (non-hydrogen) atoms. The van der Waals surface area contributed by atoms with Crippen LogP contribution in [-0.2, 0) is 16.3 Å². The van der Waals surface area contributed by atoms with Crippen LogP contribution >= 0.6 is 0 Å². The molecule has 0 aliphatic carbocycles. The Labute approximate surface area is 153 Å². The van der Waals surface area contributed by atoms with Crippen molar-refractivity contribution in [1.82, 2.24) is 5.32 Å². The Morgan fingerprint density at radius 2 is 1.62 bits per heavy atom. The smallest absolute Gasteiger partial charge is 0.201 e. The van der Waals surface area contributed by atoms with Gasteiger partial charge in [0.05, 0.1) is 37.3 Å². The zero-order valence-electron chi connectivity index (χ0n) is 14.9. The van der Waals surface area contributed by atoms with Crippen molar-refractivity contribution >= 4 is 15.5 Å². The van der Waals surface area contributed by atoms with Crippen LogP contribution in [-0.4, -0.2) is 36.3 Å². The molecule has 0 fully saturated rings. The highest BCUT2D eigenvalue weighted by atomic mass is 32.2. The largest absolute Gasteiger partial charge is 0.497 e. The summed E-state index contributed by atoms with van der Waals surface area (Å²) in [6, 6.07) is 10.0. The van der Waals surface area contributed by atoms with Gasteiger partial charge in [-0.25, -0.2) is 8.42 Å². The maximum absolute atomic E-state index is 12.8. The molecule has 1 aliphatic heterocycles. The summed E-state index contributed by atoms with van der Waals surface area (Å²) in [7, 11) is 1.06. The van der Waals surface area contributed by atoms with Crippen molar-refractivity contribution in [1.29, 1.82) is 0 Å². The summed E-state index contributed by atoms with van der Waals surface area (Å²) in [5.74, 6) is 1.79. The molecule has 2 aromatic carbocycles. The Morgan fingerprint density at radius 3 is 2.23 bits per heavy atom. The molecule has 0 amide bonds. The van der Waals surface area contributed by atoms with E-state index >= 15 is 0 Å². The van der Waals surface area contributed by atoms with E-state index in [0.717, 1.165) is 17.5 Å². The van der Waals surface area contributed by atoms with Crippen LogP contribution in [0.4, 0.5) is 0 Å². The van der Waals surface area contributed by atoms with Gasteiger partial charge in [-0.1, -0.05) is 0 Å². The van der Waals surface area contributed by atoms with Crippen LogP contribution in [0, 0.1) is 0 Å². The molecule has 0 spiro atoms. The first-order chi connectivity index (χ1) is 12.5. The van der Waals surface area contributed by atoms with Crippen LogP contribution in [0.25, 0.3) is 5.70 Å². The van der Waals surface area contributed by atoms with Gasteiger partial charge in [-0.2, -0.15) is 0 Å². The van der Waals surface area contributed by atoms with Gasteiger partial charge in [0.25, 0.3) is 0 Å². The second-order valence-electron chi connectivity index (χ2n) is 5.79. The first kappa shape index (κ1) is 18.1. The summed E-state index contributed by atoms with van der Waals surface area (Å²) in [6.07, 6.45) is 0.773. The lowest BCUT2D eigenvalue weighted by molar-refractivity contribution is 0.354. The summed E-state index contributed by atoms with van der Waals surface area (Å²) in [4.78, 5) is 0.209. The normalized spacial score (nSPS) is 15.1. The Morgan fingerprint density at radius 1 is 0.962 bits per heavy atom. The minimum atomic E-state index is -3.62. The summed E-state index contributed by atoms with van der Waals surface area (Å²) in [6.45, 7) is 0.645. The van der Waals surface area contributed by atoms with E-state index in [4.69, 9.17) is 14.2 Å². The van der Waals surface area contributed by atoms with Crippen LogP contribution in [0.5, 0.6) is 17.2 Å². The van der Waals surface area contributed by atoms with E-state index in [2.05, 4.69) is 5.32 Å². The SMILES string of the molecule is COc1ccc(S(=O)(=O)C=C2NCCc3cc(OC)c(OC)cc32)cc1. The first-order valence-corrected chi connectivity index (χ1v) is 9.63. The van der Waals surface area contributed by atoms with Gasteiger partial charge < -0.3 is 19.5 Å². The van der Waals surface area contributed by atoms with Crippen molar-refractivity contribution in [2.45, 2.75) is 11.3 Å². The predicted octanol–water partition coefficient (Wildman–Crippen LogP) is 2.63. The Balaban J connectivity index is 2.04. The minimum absolute atomic E-state index is 0.209. The van der Waals surface area contributed by atoms with Crippen molar-refractivity contribution < 1.29 is 22.6 Å². The molecular formula is C19H21NO5S. The highest BCUT2D eigenvalue weighted by Crippen LogP contribution is 2.35. The second kappa shape index (κ2) is 7.29. The molecule has 1 N–H and O–H groups in total. The molecule has 0 saturated heterocycles. The standard InChI is InChI=1S/C19H21NO5S/c1-23-14-4-6-15(7-5-14)26(21,22)12-17-16-11-19(25-3)18(24-2)10-13(16)8-9-20-17/h4-7,10-12,20H,8-9H2,1-3H3. The van der Waals surface area contributed by atoms with Crippen molar-refractivity contribution in [2.24, 2.45) is 0 Å². The first-order valence-electron chi connectivity index (χ1n) is 8.08. The second-order valence-corrected chi connectivity index (χ2v) is 7.59. The third-order valence-corrected chi connectivity index (χ3v) is 5.75. The van der Waals surface area contributed by atoms with Gasteiger partial charge >= 0.3 is 0 Å². The highest BCUT2D eigenvalue weighted by molar-refractivity contribution is 7.94. The Kier molecular flexibility index (Phi) is 5.08. The molecule has 0 bridgehead atoms. The lowest BCUT2D eigenvalue weighted by Crippen LogP contribution is -2.23. The molecular weight excluding hydrogens is 354 g/mol. The van der Waals surface area contributed by atoms with Crippen molar-refractivity contribution in [3.8, 4) is 17.2 Å². The van der Waals surface area contributed by atoms with Crippen LogP contribution in [0.3, 0.4) is 0 Å². The number of hydrogen-bond donors (Lipinski definition) is 1. The number of fused-ring (bicyclic) bond motifs is 1. The zero-order valence-corrected chi connectivity index (χ0v) is 15.7. The summed E-state index contributed by atoms with van der Waals surface area (Å²) in [5.41, 5.74) is 2.35. The van der Waals surface area contributed by atoms with Crippen LogP contribution in [0.15, 0.2) is 46.7 Å². The molecule has 1 heterocycles. The van der Waals surface area contributed by atoms with Gasteiger partial charge in [0.15, 0.2) is 11.5 Å². The summed E-state index contributed by atoms with van der Waals surface area (Å²) >= 11 is 0. The quantitative estimate of drug-likeness (QED) is 0.866. The van der Waals surface area contributed by atoms with E-state index in [1.54, 1.807) is 32.4 Å². The molecule has 0 atom stereocenters. The third-order valence-electron chi connectivity index (χ3n) is 4.27. The number of nitrogens with one attached hydrogen (secondary N) is 1. The van der Waals surface area contributed by atoms with Crippen molar-refractivity contribution in [2.75, 3.05) is 27.9 Å². The van der Waals surface area contributed by atoms with Crippen molar-refractivity contribution in [3.63, 3.8) is 0 Å². The Hall–Kier alpha value is -2.67. The molecule has 0 aromatic heterocycles. The Bertz CT molecular complexity index is 933. The molecule has 1 aliphatic rings. The van der Waals surface area contributed by atoms with E-state index in [1.165, 1.54) is 24.7 Å². The minimum Gasteiger partial charge on any atom is -0.497 e. The molecule has 0 unspecified atom stereocenters. The van der Waals surface area contributed by atoms with Crippen LogP contribution in [0.1, 0.15) is 11.1 Å². The number of methoxy groups -OCH3 is 3. The fourth-order valence-electron chi connectivity index (χ4n) is 2.90. The fraction of sp³-hybridized carbons (Fsp3) is 0.263. The molecule has 138 valence electrons. The maximum atomic E-state index is 12.8. The van der Waals surface area contributed by atoms with Crippen LogP contribution in [0.2, 0.25) is 0 Å².